The van der Waals surface area contributed by atoms with Crippen LogP contribution in [0.5, 0.6) is 5.75 Å². The first-order valence-electron chi connectivity index (χ1n) is 9.48. The third kappa shape index (κ3) is 5.53. The smallest absolute Gasteiger partial charge is 0.407 e. The summed E-state index contributed by atoms with van der Waals surface area (Å²) < 4.78 is 16.8. The van der Waals surface area contributed by atoms with Gasteiger partial charge in [0.25, 0.3) is 0 Å². The van der Waals surface area contributed by atoms with Crippen molar-refractivity contribution in [1.82, 2.24) is 5.32 Å². The molecule has 0 bridgehead atoms. The number of ether oxygens (including phenoxy) is 3. The fourth-order valence-electron chi connectivity index (χ4n) is 3.33. The summed E-state index contributed by atoms with van der Waals surface area (Å²) in [6.07, 6.45) is 2.68. The zero-order valence-electron chi connectivity index (χ0n) is 16.0. The van der Waals surface area contributed by atoms with E-state index in [1.807, 2.05) is 32.9 Å². The number of benzene rings is 1. The van der Waals surface area contributed by atoms with Crippen LogP contribution in [0, 0.1) is 0 Å². The van der Waals surface area contributed by atoms with E-state index >= 15 is 0 Å². The lowest BCUT2D eigenvalue weighted by molar-refractivity contribution is 0.0256. The van der Waals surface area contributed by atoms with Crippen molar-refractivity contribution in [2.75, 3.05) is 31.2 Å². The zero-order chi connectivity index (χ0) is 18.6. The molecular weight excluding hydrogens is 332 g/mol. The molecular formula is C20H32N2O4. The molecule has 2 saturated heterocycles. The second kappa shape index (κ2) is 8.16. The number of carbonyl (C=O) groups excluding carboxylic acids is 1. The van der Waals surface area contributed by atoms with Gasteiger partial charge in [0.05, 0.1) is 19.3 Å². The fourth-order valence-corrected chi connectivity index (χ4v) is 3.33. The quantitative estimate of drug-likeness (QED) is 0.885. The van der Waals surface area contributed by atoms with Gasteiger partial charge in [-0.05, 0) is 39.3 Å². The van der Waals surface area contributed by atoms with Crippen LogP contribution >= 0.6 is 0 Å². The number of amides is 1. The normalized spacial score (nSPS) is 21.5. The van der Waals surface area contributed by atoms with Gasteiger partial charge in [0.15, 0.2) is 0 Å². The van der Waals surface area contributed by atoms with Crippen LogP contribution in [0.1, 0.15) is 41.5 Å². The predicted octanol–water partition coefficient (Wildman–Crippen LogP) is 3.59. The number of nitrogens with one attached hydrogen (secondary N) is 1. The first-order chi connectivity index (χ1) is 12.4. The Morgan fingerprint density at radius 2 is 2.04 bits per heavy atom. The van der Waals surface area contributed by atoms with Gasteiger partial charge in [-0.2, -0.15) is 0 Å². The predicted molar refractivity (Wildman–Crippen MR) is 103 cm³/mol. The van der Waals surface area contributed by atoms with Crippen molar-refractivity contribution in [1.29, 1.82) is 0 Å². The van der Waals surface area contributed by atoms with Crippen molar-refractivity contribution in [3.8, 4) is 5.75 Å². The average molecular weight is 364 g/mol. The summed E-state index contributed by atoms with van der Waals surface area (Å²) >= 11 is 0. The Labute approximate surface area is 157 Å². The summed E-state index contributed by atoms with van der Waals surface area (Å²) in [7, 11) is 0. The Morgan fingerprint density at radius 1 is 1.27 bits per heavy atom. The van der Waals surface area contributed by atoms with Crippen LogP contribution in [0.4, 0.5) is 10.5 Å². The minimum Gasteiger partial charge on any atom is -0.490 e. The number of alkyl carbamates (subject to hydrolysis) is 1. The van der Waals surface area contributed by atoms with Crippen molar-refractivity contribution >= 4 is 11.8 Å². The lowest BCUT2D eigenvalue weighted by Gasteiger charge is -2.25. The molecule has 0 aromatic heterocycles. The van der Waals surface area contributed by atoms with Gasteiger partial charge in [0.2, 0.25) is 0 Å². The van der Waals surface area contributed by atoms with Crippen molar-refractivity contribution in [3.63, 3.8) is 0 Å². The molecule has 0 radical (unpaired) electrons. The van der Waals surface area contributed by atoms with E-state index in [1.54, 1.807) is 0 Å². The minimum absolute atomic E-state index is 0. The number of rotatable bonds is 4. The highest BCUT2D eigenvalue weighted by Gasteiger charge is 2.26. The number of hydrogen-bond donors (Lipinski definition) is 1. The Bertz CT molecular complexity index is 614. The van der Waals surface area contributed by atoms with E-state index < -0.39 is 5.60 Å². The van der Waals surface area contributed by atoms with Crippen LogP contribution in [0.2, 0.25) is 0 Å². The lowest BCUT2D eigenvalue weighted by Crippen LogP contribution is -2.40. The van der Waals surface area contributed by atoms with Gasteiger partial charge in [0.1, 0.15) is 17.5 Å². The van der Waals surface area contributed by atoms with Crippen molar-refractivity contribution < 1.29 is 20.4 Å². The molecule has 0 aliphatic carbocycles. The van der Waals surface area contributed by atoms with Gasteiger partial charge >= 0.3 is 6.09 Å². The van der Waals surface area contributed by atoms with E-state index in [9.17, 15) is 4.79 Å². The van der Waals surface area contributed by atoms with Crippen LogP contribution < -0.4 is 15.0 Å². The van der Waals surface area contributed by atoms with E-state index in [0.29, 0.717) is 0 Å². The van der Waals surface area contributed by atoms with E-state index in [4.69, 9.17) is 14.2 Å². The van der Waals surface area contributed by atoms with Crippen LogP contribution in [0.15, 0.2) is 24.3 Å². The Morgan fingerprint density at radius 3 is 2.77 bits per heavy atom. The van der Waals surface area contributed by atoms with E-state index in [2.05, 4.69) is 22.3 Å². The highest BCUT2D eigenvalue weighted by atomic mass is 16.6. The van der Waals surface area contributed by atoms with Gasteiger partial charge in [-0.15, -0.1) is 0 Å². The molecule has 2 aliphatic rings. The van der Waals surface area contributed by atoms with E-state index in [-0.39, 0.29) is 19.7 Å². The standard InChI is InChI=1S/C20H30N2O4.H2/c1-20(2,3)26-19(23)21-15-7-10-22(14-15)16-5-4-6-18(13-16)25-17-8-11-24-12-9-17;/h4-6,13,15,17H,7-12,14H2,1-3H3,(H,21,23);1H/t15-;/m0./s1. The summed E-state index contributed by atoms with van der Waals surface area (Å²) in [4.78, 5) is 14.2. The summed E-state index contributed by atoms with van der Waals surface area (Å²) in [6.45, 7) is 8.84. The van der Waals surface area contributed by atoms with Crippen molar-refractivity contribution in [2.24, 2.45) is 0 Å². The summed E-state index contributed by atoms with van der Waals surface area (Å²) in [6, 6.07) is 8.31. The maximum Gasteiger partial charge on any atom is 0.407 e. The Kier molecular flexibility index (Phi) is 5.91. The number of anilines is 1. The minimum atomic E-state index is -0.474. The van der Waals surface area contributed by atoms with Crippen LogP contribution in [0.25, 0.3) is 0 Å². The molecule has 2 aliphatic heterocycles. The van der Waals surface area contributed by atoms with E-state index in [1.165, 1.54) is 0 Å². The molecule has 0 unspecified atom stereocenters. The van der Waals surface area contributed by atoms with E-state index in [0.717, 1.165) is 57.0 Å². The Hall–Kier alpha value is -1.95. The second-order valence-electron chi connectivity index (χ2n) is 8.00. The number of nitrogens with zero attached hydrogens (tertiary/aromatic N) is 1. The molecule has 6 heteroatoms. The van der Waals surface area contributed by atoms with Gasteiger partial charge in [-0.3, -0.25) is 0 Å². The first kappa shape index (κ1) is 18.8. The van der Waals surface area contributed by atoms with Crippen molar-refractivity contribution in [2.45, 2.75) is 57.8 Å². The molecule has 26 heavy (non-hydrogen) atoms. The number of hydrogen-bond acceptors (Lipinski definition) is 5. The molecule has 2 fully saturated rings. The summed E-state index contributed by atoms with van der Waals surface area (Å²) in [5.74, 6) is 0.901. The monoisotopic (exact) mass is 364 g/mol. The average Bonchev–Trinajstić information content (AvgIpc) is 3.02. The van der Waals surface area contributed by atoms with Gasteiger partial charge in [0, 0.05) is 39.1 Å². The Balaban J connectivity index is 0.00000261. The second-order valence-corrected chi connectivity index (χ2v) is 8.00. The van der Waals surface area contributed by atoms with Crippen molar-refractivity contribution in [3.05, 3.63) is 24.3 Å². The van der Waals surface area contributed by atoms with Crippen LogP contribution in [-0.2, 0) is 9.47 Å². The SMILES string of the molecule is CC(C)(C)OC(=O)N[C@H]1CCN(c2cccc(OC3CCOCC3)c2)C1.[HH]. The highest BCUT2D eigenvalue weighted by molar-refractivity contribution is 5.68. The zero-order valence-corrected chi connectivity index (χ0v) is 16.0. The van der Waals surface area contributed by atoms with Crippen LogP contribution in [0.3, 0.4) is 0 Å². The number of carbonyl (C=O) groups is 1. The molecule has 0 saturated carbocycles. The molecule has 1 N–H and O–H groups in total. The fraction of sp³-hybridized carbons (Fsp3) is 0.650. The maximum atomic E-state index is 12.0. The van der Waals surface area contributed by atoms with Gasteiger partial charge in [-0.25, -0.2) is 4.79 Å². The van der Waals surface area contributed by atoms with Gasteiger partial charge < -0.3 is 24.4 Å². The molecule has 2 heterocycles. The molecule has 1 amide bonds. The molecule has 1 aromatic carbocycles. The lowest BCUT2D eigenvalue weighted by atomic mass is 10.1. The third-order valence-corrected chi connectivity index (χ3v) is 4.56. The van der Waals surface area contributed by atoms with Crippen LogP contribution in [-0.4, -0.2) is 50.1 Å². The third-order valence-electron chi connectivity index (χ3n) is 4.56. The molecule has 0 spiro atoms. The van der Waals surface area contributed by atoms with Gasteiger partial charge in [-0.1, -0.05) is 6.07 Å². The summed E-state index contributed by atoms with van der Waals surface area (Å²) in [5.41, 5.74) is 0.654. The first-order valence-corrected chi connectivity index (χ1v) is 9.48. The topological polar surface area (TPSA) is 60.0 Å². The molecule has 1 atom stereocenters. The summed E-state index contributed by atoms with van der Waals surface area (Å²) in [5, 5.41) is 2.97. The largest absolute Gasteiger partial charge is 0.490 e. The molecule has 146 valence electrons. The molecule has 3 rings (SSSR count). The molecule has 1 aromatic rings. The highest BCUT2D eigenvalue weighted by Crippen LogP contribution is 2.26. The molecule has 6 nitrogen and oxygen atoms in total. The maximum absolute atomic E-state index is 12.0.